The molecule has 3 aliphatic rings. The van der Waals surface area contributed by atoms with Gasteiger partial charge in [0.2, 0.25) is 5.65 Å². The average Bonchev–Trinajstić information content (AvgIpc) is 3.11. The first-order chi connectivity index (χ1) is 12.6. The maximum atomic E-state index is 6.06. The molecule has 134 valence electrons. The van der Waals surface area contributed by atoms with Crippen LogP contribution in [0.3, 0.4) is 0 Å². The van der Waals surface area contributed by atoms with Gasteiger partial charge in [0.25, 0.3) is 0 Å². The van der Waals surface area contributed by atoms with E-state index in [1.807, 2.05) is 36.4 Å². The Morgan fingerprint density at radius 1 is 0.962 bits per heavy atom. The van der Waals surface area contributed by atoms with Crippen molar-refractivity contribution in [2.45, 2.75) is 50.9 Å². The zero-order valence-corrected chi connectivity index (χ0v) is 15.7. The summed E-state index contributed by atoms with van der Waals surface area (Å²) in [5.41, 5.74) is 1.51. The largest absolute Gasteiger partial charge is 0.453 e. The number of hydrogen-bond donors (Lipinski definition) is 0. The second-order valence-corrected chi connectivity index (χ2v) is 8.67. The first kappa shape index (κ1) is 16.1. The quantitative estimate of drug-likeness (QED) is 0.588. The third kappa shape index (κ3) is 2.50. The van der Waals surface area contributed by atoms with Crippen molar-refractivity contribution in [1.82, 2.24) is 14.6 Å². The summed E-state index contributed by atoms with van der Waals surface area (Å²) in [6.07, 6.45) is 9.59. The van der Waals surface area contributed by atoms with Crippen LogP contribution >= 0.6 is 11.6 Å². The van der Waals surface area contributed by atoms with Crippen LogP contribution in [0.1, 0.15) is 51.3 Å². The number of aromatic nitrogens is 3. The van der Waals surface area contributed by atoms with Crippen LogP contribution in [-0.4, -0.2) is 14.6 Å². The fourth-order valence-corrected chi connectivity index (χ4v) is 4.80. The van der Waals surface area contributed by atoms with Crippen LogP contribution in [-0.2, 0) is 5.41 Å². The van der Waals surface area contributed by atoms with Crippen LogP contribution in [0.15, 0.2) is 42.6 Å². The van der Waals surface area contributed by atoms with Crippen molar-refractivity contribution in [1.29, 1.82) is 0 Å². The summed E-state index contributed by atoms with van der Waals surface area (Å²) in [6.45, 7) is 2.44. The van der Waals surface area contributed by atoms with E-state index in [9.17, 15) is 0 Å². The zero-order valence-electron chi connectivity index (χ0n) is 14.9. The maximum Gasteiger partial charge on any atom is 0.203 e. The zero-order chi connectivity index (χ0) is 17.8. The molecule has 0 saturated heterocycles. The maximum absolute atomic E-state index is 6.06. The van der Waals surface area contributed by atoms with Crippen molar-refractivity contribution < 1.29 is 4.74 Å². The Hall–Kier alpha value is -2.07. The standard InChI is InChI=1S/C21H22ClN3O/c1-20-8-11-21(12-9-20,13-10-20)19-24-23-18-17(3-2-14-25(18)19)26-16-6-4-15(22)5-7-16/h2-7,14H,8-13H2,1H3. The van der Waals surface area contributed by atoms with Gasteiger partial charge < -0.3 is 4.74 Å². The number of benzene rings is 1. The van der Waals surface area contributed by atoms with E-state index >= 15 is 0 Å². The predicted molar refractivity (Wildman–Crippen MR) is 102 cm³/mol. The fraction of sp³-hybridized carbons (Fsp3) is 0.429. The summed E-state index contributed by atoms with van der Waals surface area (Å²) < 4.78 is 8.20. The molecule has 3 aromatic rings. The third-order valence-corrected chi connectivity index (χ3v) is 6.79. The van der Waals surface area contributed by atoms with Gasteiger partial charge >= 0.3 is 0 Å². The highest BCUT2D eigenvalue weighted by Gasteiger charge is 2.49. The second kappa shape index (κ2) is 5.71. The lowest BCUT2D eigenvalue weighted by atomic mass is 9.54. The molecule has 5 heteroatoms. The monoisotopic (exact) mass is 367 g/mol. The van der Waals surface area contributed by atoms with Gasteiger partial charge in [-0.3, -0.25) is 4.40 Å². The second-order valence-electron chi connectivity index (χ2n) is 8.24. The first-order valence-electron chi connectivity index (χ1n) is 9.35. The molecule has 0 spiro atoms. The normalized spacial score (nSPS) is 27.8. The molecule has 26 heavy (non-hydrogen) atoms. The number of ether oxygens (including phenoxy) is 1. The van der Waals surface area contributed by atoms with E-state index in [1.165, 1.54) is 38.5 Å². The van der Waals surface area contributed by atoms with E-state index in [-0.39, 0.29) is 5.41 Å². The van der Waals surface area contributed by atoms with Crippen molar-refractivity contribution in [2.75, 3.05) is 0 Å². The highest BCUT2D eigenvalue weighted by molar-refractivity contribution is 6.30. The highest BCUT2D eigenvalue weighted by atomic mass is 35.5. The lowest BCUT2D eigenvalue weighted by molar-refractivity contribution is 0.0501. The molecule has 0 aliphatic heterocycles. The van der Waals surface area contributed by atoms with Gasteiger partial charge in [-0.1, -0.05) is 18.5 Å². The van der Waals surface area contributed by atoms with E-state index in [0.29, 0.717) is 10.4 Å². The minimum Gasteiger partial charge on any atom is -0.453 e. The van der Waals surface area contributed by atoms with Crippen molar-refractivity contribution in [3.8, 4) is 11.5 Å². The van der Waals surface area contributed by atoms with Gasteiger partial charge in [-0.25, -0.2) is 0 Å². The van der Waals surface area contributed by atoms with Crippen molar-refractivity contribution in [3.63, 3.8) is 0 Å². The van der Waals surface area contributed by atoms with Crippen LogP contribution < -0.4 is 4.74 Å². The molecule has 0 atom stereocenters. The van der Waals surface area contributed by atoms with Crippen LogP contribution in [0.4, 0.5) is 0 Å². The smallest absolute Gasteiger partial charge is 0.203 e. The first-order valence-corrected chi connectivity index (χ1v) is 9.73. The molecule has 0 radical (unpaired) electrons. The van der Waals surface area contributed by atoms with Gasteiger partial charge in [0, 0.05) is 16.6 Å². The Kier molecular flexibility index (Phi) is 3.54. The number of fused-ring (bicyclic) bond motifs is 4. The van der Waals surface area contributed by atoms with Crippen LogP contribution in [0, 0.1) is 5.41 Å². The number of halogens is 1. The molecule has 3 aliphatic carbocycles. The highest BCUT2D eigenvalue weighted by Crippen LogP contribution is 2.57. The van der Waals surface area contributed by atoms with E-state index in [1.54, 1.807) is 0 Å². The number of nitrogens with zero attached hydrogens (tertiary/aromatic N) is 3. The summed E-state index contributed by atoms with van der Waals surface area (Å²) in [6, 6.07) is 11.3. The van der Waals surface area contributed by atoms with Crippen LogP contribution in [0.5, 0.6) is 11.5 Å². The topological polar surface area (TPSA) is 39.4 Å². The van der Waals surface area contributed by atoms with Gasteiger partial charge in [-0.15, -0.1) is 10.2 Å². The van der Waals surface area contributed by atoms with E-state index in [0.717, 1.165) is 23.0 Å². The summed E-state index contributed by atoms with van der Waals surface area (Å²) >= 11 is 5.96. The molecule has 0 N–H and O–H groups in total. The van der Waals surface area contributed by atoms with Gasteiger partial charge in [0.1, 0.15) is 11.6 Å². The number of hydrogen-bond acceptors (Lipinski definition) is 3. The lowest BCUT2D eigenvalue weighted by Gasteiger charge is -2.51. The number of pyridine rings is 1. The van der Waals surface area contributed by atoms with Crippen LogP contribution in [0.25, 0.3) is 5.65 Å². The Balaban J connectivity index is 1.53. The molecular formula is C21H22ClN3O. The molecular weight excluding hydrogens is 346 g/mol. The number of rotatable bonds is 3. The Morgan fingerprint density at radius 3 is 2.35 bits per heavy atom. The molecule has 3 saturated carbocycles. The molecule has 0 unspecified atom stereocenters. The molecule has 1 aromatic carbocycles. The summed E-state index contributed by atoms with van der Waals surface area (Å²) in [5.74, 6) is 2.58. The fourth-order valence-electron chi connectivity index (χ4n) is 4.67. The Labute approximate surface area is 158 Å². The molecule has 6 rings (SSSR count). The average molecular weight is 368 g/mol. The summed E-state index contributed by atoms with van der Waals surface area (Å²) in [7, 11) is 0. The van der Waals surface area contributed by atoms with Gasteiger partial charge in [-0.2, -0.15) is 0 Å². The molecule has 0 amide bonds. The lowest BCUT2D eigenvalue weighted by Crippen LogP contribution is -2.43. The minimum atomic E-state index is 0.177. The summed E-state index contributed by atoms with van der Waals surface area (Å²) in [5, 5.41) is 9.83. The van der Waals surface area contributed by atoms with Crippen LogP contribution in [0.2, 0.25) is 5.02 Å². The predicted octanol–water partition coefficient (Wildman–Crippen LogP) is 5.79. The van der Waals surface area contributed by atoms with Crippen molar-refractivity contribution >= 4 is 17.2 Å². The van der Waals surface area contributed by atoms with E-state index in [4.69, 9.17) is 16.3 Å². The van der Waals surface area contributed by atoms with Crippen molar-refractivity contribution in [2.24, 2.45) is 5.41 Å². The third-order valence-electron chi connectivity index (χ3n) is 6.54. The molecule has 2 aromatic heterocycles. The SMILES string of the molecule is CC12CCC(c3nnc4c(Oc5ccc(Cl)cc5)cccn34)(CC1)CC2. The van der Waals surface area contributed by atoms with Gasteiger partial charge in [0.15, 0.2) is 5.75 Å². The molecule has 3 fully saturated rings. The molecule has 2 heterocycles. The van der Waals surface area contributed by atoms with Gasteiger partial charge in [-0.05, 0) is 80.3 Å². The summed E-state index contributed by atoms with van der Waals surface area (Å²) in [4.78, 5) is 0. The Morgan fingerprint density at radius 2 is 1.65 bits per heavy atom. The molecule has 4 nitrogen and oxygen atoms in total. The Bertz CT molecular complexity index is 939. The van der Waals surface area contributed by atoms with E-state index < -0.39 is 0 Å². The molecule has 2 bridgehead atoms. The van der Waals surface area contributed by atoms with E-state index in [2.05, 4.69) is 27.7 Å². The van der Waals surface area contributed by atoms with Gasteiger partial charge in [0.05, 0.1) is 0 Å². The minimum absolute atomic E-state index is 0.177. The van der Waals surface area contributed by atoms with Crippen molar-refractivity contribution in [3.05, 3.63) is 53.4 Å².